The maximum Gasteiger partial charge on any atom is 0.128 e. The molecule has 0 spiro atoms. The molecule has 0 aromatic carbocycles. The fourth-order valence-corrected chi connectivity index (χ4v) is 4.42. The van der Waals surface area contributed by atoms with E-state index in [1.807, 2.05) is 0 Å². The van der Waals surface area contributed by atoms with Gasteiger partial charge >= 0.3 is 0 Å². The minimum atomic E-state index is 0.564. The number of piperidine rings is 1. The first-order chi connectivity index (χ1) is 12.0. The lowest BCUT2D eigenvalue weighted by Crippen LogP contribution is -2.34. The molecule has 0 saturated carbocycles. The Morgan fingerprint density at radius 2 is 1.64 bits per heavy atom. The van der Waals surface area contributed by atoms with Gasteiger partial charge in [0, 0.05) is 31.9 Å². The van der Waals surface area contributed by atoms with Crippen LogP contribution in [0.15, 0.2) is 18.3 Å². The molecule has 3 heterocycles. The van der Waals surface area contributed by atoms with Crippen LogP contribution in [-0.4, -0.2) is 42.1 Å². The molecule has 2 fully saturated rings. The molecule has 0 bridgehead atoms. The summed E-state index contributed by atoms with van der Waals surface area (Å²) in [5.74, 6) is 3.62. The fourth-order valence-electron chi connectivity index (χ4n) is 4.42. The van der Waals surface area contributed by atoms with Gasteiger partial charge in [0.05, 0.1) is 0 Å². The molecule has 0 radical (unpaired) electrons. The number of aromatic nitrogens is 1. The molecule has 3 rings (SSSR count). The normalized spacial score (nSPS) is 23.1. The Balaban J connectivity index is 1.40. The van der Waals surface area contributed by atoms with Crippen LogP contribution in [0.2, 0.25) is 0 Å². The molecule has 2 saturated heterocycles. The van der Waals surface area contributed by atoms with Crippen molar-refractivity contribution in [1.82, 2.24) is 9.88 Å². The number of anilines is 1. The first-order valence-electron chi connectivity index (χ1n) is 10.5. The number of pyridine rings is 1. The quantitative estimate of drug-likeness (QED) is 0.730. The second kappa shape index (κ2) is 8.53. The Bertz CT molecular complexity index is 515. The number of hydrogen-bond acceptors (Lipinski definition) is 3. The van der Waals surface area contributed by atoms with E-state index in [0.29, 0.717) is 5.92 Å². The summed E-state index contributed by atoms with van der Waals surface area (Å²) in [6.07, 6.45) is 9.04. The average molecular weight is 344 g/mol. The van der Waals surface area contributed by atoms with Crippen LogP contribution in [0, 0.1) is 11.8 Å². The van der Waals surface area contributed by atoms with Gasteiger partial charge in [-0.3, -0.25) is 0 Å². The highest BCUT2D eigenvalue weighted by atomic mass is 15.2. The number of rotatable bonds is 6. The van der Waals surface area contributed by atoms with E-state index in [4.69, 9.17) is 4.98 Å². The summed E-state index contributed by atoms with van der Waals surface area (Å²) in [6, 6.07) is 5.19. The molecule has 140 valence electrons. The smallest absolute Gasteiger partial charge is 0.128 e. The van der Waals surface area contributed by atoms with Crippen molar-refractivity contribution in [3.63, 3.8) is 0 Å². The van der Waals surface area contributed by atoms with Crippen LogP contribution in [0.25, 0.3) is 0 Å². The zero-order valence-electron chi connectivity index (χ0n) is 16.7. The van der Waals surface area contributed by atoms with Crippen LogP contribution in [-0.2, 0) is 0 Å². The molecule has 1 aromatic rings. The van der Waals surface area contributed by atoms with Crippen molar-refractivity contribution < 1.29 is 0 Å². The van der Waals surface area contributed by atoms with Gasteiger partial charge in [-0.1, -0.05) is 26.3 Å². The summed E-state index contributed by atoms with van der Waals surface area (Å²) in [4.78, 5) is 9.84. The lowest BCUT2D eigenvalue weighted by molar-refractivity contribution is 0.257. The van der Waals surface area contributed by atoms with Gasteiger partial charge in [0.1, 0.15) is 5.82 Å². The van der Waals surface area contributed by atoms with Crippen molar-refractivity contribution in [2.45, 2.75) is 71.8 Å². The third-order valence-electron chi connectivity index (χ3n) is 6.41. The Kier molecular flexibility index (Phi) is 6.38. The minimum absolute atomic E-state index is 0.564. The Labute approximate surface area is 154 Å². The van der Waals surface area contributed by atoms with Crippen LogP contribution in [0.4, 0.5) is 5.82 Å². The van der Waals surface area contributed by atoms with Gasteiger partial charge in [-0.15, -0.1) is 0 Å². The summed E-state index contributed by atoms with van der Waals surface area (Å²) in [5.41, 5.74) is 1.34. The molecule has 2 aliphatic rings. The molecule has 2 aliphatic heterocycles. The van der Waals surface area contributed by atoms with Crippen molar-refractivity contribution in [3.05, 3.63) is 23.9 Å². The predicted octanol–water partition coefficient (Wildman–Crippen LogP) is 4.93. The Hall–Kier alpha value is -1.09. The molecule has 0 aliphatic carbocycles. The van der Waals surface area contributed by atoms with Gasteiger partial charge in [0.15, 0.2) is 0 Å². The highest BCUT2D eigenvalue weighted by molar-refractivity contribution is 5.40. The summed E-state index contributed by atoms with van der Waals surface area (Å²) in [5, 5.41) is 0. The zero-order valence-corrected chi connectivity index (χ0v) is 16.7. The number of likely N-dealkylation sites (tertiary alicyclic amines) is 1. The van der Waals surface area contributed by atoms with Gasteiger partial charge in [0.2, 0.25) is 0 Å². The molecule has 1 unspecified atom stereocenters. The average Bonchev–Trinajstić information content (AvgIpc) is 3.10. The van der Waals surface area contributed by atoms with Crippen LogP contribution < -0.4 is 4.90 Å². The largest absolute Gasteiger partial charge is 0.357 e. The van der Waals surface area contributed by atoms with Crippen molar-refractivity contribution in [3.8, 4) is 0 Å². The lowest BCUT2D eigenvalue weighted by Gasteiger charge is -2.33. The van der Waals surface area contributed by atoms with Crippen LogP contribution >= 0.6 is 0 Å². The van der Waals surface area contributed by atoms with E-state index in [9.17, 15) is 0 Å². The predicted molar refractivity (Wildman–Crippen MR) is 107 cm³/mol. The first-order valence-corrected chi connectivity index (χ1v) is 10.5. The van der Waals surface area contributed by atoms with Crippen molar-refractivity contribution >= 4 is 5.82 Å². The fraction of sp³-hybridized carbons (Fsp3) is 0.773. The van der Waals surface area contributed by atoms with Crippen LogP contribution in [0.1, 0.15) is 71.3 Å². The third kappa shape index (κ3) is 4.97. The number of nitrogens with zero attached hydrogens (tertiary/aromatic N) is 3. The van der Waals surface area contributed by atoms with E-state index in [-0.39, 0.29) is 0 Å². The zero-order chi connectivity index (χ0) is 17.8. The highest BCUT2D eigenvalue weighted by Gasteiger charge is 2.26. The minimum Gasteiger partial charge on any atom is -0.357 e. The summed E-state index contributed by atoms with van der Waals surface area (Å²) in [7, 11) is 0. The summed E-state index contributed by atoms with van der Waals surface area (Å²) in [6.45, 7) is 14.1. The SMILES string of the molecule is CC(C)c1ccc(N2CCC(CCC3CCN(C(C)C)C3)CC2)nc1. The van der Waals surface area contributed by atoms with Crippen LogP contribution in [0.3, 0.4) is 0 Å². The van der Waals surface area contributed by atoms with E-state index >= 15 is 0 Å². The summed E-state index contributed by atoms with van der Waals surface area (Å²) >= 11 is 0. The van der Waals surface area contributed by atoms with Crippen molar-refractivity contribution in [2.24, 2.45) is 11.8 Å². The molecule has 0 N–H and O–H groups in total. The van der Waals surface area contributed by atoms with Gasteiger partial charge in [-0.25, -0.2) is 4.98 Å². The topological polar surface area (TPSA) is 19.4 Å². The van der Waals surface area contributed by atoms with Gasteiger partial charge in [-0.05, 0) is 75.5 Å². The molecule has 1 atom stereocenters. The Morgan fingerprint density at radius 1 is 0.960 bits per heavy atom. The first kappa shape index (κ1) is 18.7. The second-order valence-corrected chi connectivity index (χ2v) is 8.86. The molecular weight excluding hydrogens is 306 g/mol. The van der Waals surface area contributed by atoms with Gasteiger partial charge in [-0.2, -0.15) is 0 Å². The molecule has 3 heteroatoms. The van der Waals surface area contributed by atoms with Crippen LogP contribution in [0.5, 0.6) is 0 Å². The maximum absolute atomic E-state index is 4.70. The van der Waals surface area contributed by atoms with Gasteiger partial charge < -0.3 is 9.80 Å². The summed E-state index contributed by atoms with van der Waals surface area (Å²) < 4.78 is 0. The lowest BCUT2D eigenvalue weighted by atomic mass is 9.88. The molecular formula is C22H37N3. The Morgan fingerprint density at radius 3 is 2.20 bits per heavy atom. The van der Waals surface area contributed by atoms with Crippen molar-refractivity contribution in [2.75, 3.05) is 31.1 Å². The van der Waals surface area contributed by atoms with E-state index in [1.54, 1.807) is 0 Å². The van der Waals surface area contributed by atoms with Gasteiger partial charge in [0.25, 0.3) is 0 Å². The standard InChI is InChI=1S/C22H37N3/c1-17(2)21-7-8-22(23-15-21)24-12-9-19(10-13-24)5-6-20-11-14-25(16-20)18(3)4/h7-8,15,17-20H,5-6,9-14,16H2,1-4H3. The van der Waals surface area contributed by atoms with E-state index in [1.165, 1.54) is 69.7 Å². The van der Waals surface area contributed by atoms with E-state index in [0.717, 1.165) is 17.9 Å². The monoisotopic (exact) mass is 343 g/mol. The number of hydrogen-bond donors (Lipinski definition) is 0. The third-order valence-corrected chi connectivity index (χ3v) is 6.41. The van der Waals surface area contributed by atoms with E-state index < -0.39 is 0 Å². The highest BCUT2D eigenvalue weighted by Crippen LogP contribution is 2.30. The van der Waals surface area contributed by atoms with E-state index in [2.05, 4.69) is 55.8 Å². The molecule has 0 amide bonds. The molecule has 3 nitrogen and oxygen atoms in total. The maximum atomic E-state index is 4.70. The molecule has 1 aromatic heterocycles. The second-order valence-electron chi connectivity index (χ2n) is 8.86. The molecule has 25 heavy (non-hydrogen) atoms. The van der Waals surface area contributed by atoms with Crippen molar-refractivity contribution in [1.29, 1.82) is 0 Å².